The smallest absolute Gasteiger partial charge is 0.234 e. The minimum atomic E-state index is -3.90. The van der Waals surface area contributed by atoms with Crippen LogP contribution in [0.3, 0.4) is 0 Å². The largest absolute Gasteiger partial charge is 0.313 e. The molecule has 0 radical (unpaired) electrons. The molecule has 0 aliphatic heterocycles. The van der Waals surface area contributed by atoms with Crippen LogP contribution in [0.1, 0.15) is 13.8 Å². The summed E-state index contributed by atoms with van der Waals surface area (Å²) in [5.41, 5.74) is -0.869. The molecule has 4 nitrogen and oxygen atoms in total. The first kappa shape index (κ1) is 15.8. The second kappa shape index (κ2) is 6.25. The highest BCUT2D eigenvalue weighted by Crippen LogP contribution is 2.21. The fraction of sp³-hybridized carbons (Fsp3) is 0.455. The van der Waals surface area contributed by atoms with E-state index < -0.39 is 33.2 Å². The van der Waals surface area contributed by atoms with Crippen LogP contribution in [0.25, 0.3) is 0 Å². The number of nitrogens with one attached hydrogen (secondary N) is 2. The lowest BCUT2D eigenvalue weighted by Gasteiger charge is -2.11. The summed E-state index contributed by atoms with van der Waals surface area (Å²) < 4.78 is 64.2. The minimum absolute atomic E-state index is 0.0921. The molecule has 1 aromatic carbocycles. The molecule has 0 saturated carbocycles. The normalized spacial score (nSPS) is 11.9. The van der Waals surface area contributed by atoms with E-state index in [9.17, 15) is 21.6 Å². The molecule has 0 amide bonds. The van der Waals surface area contributed by atoms with Gasteiger partial charge in [0.1, 0.15) is 11.5 Å². The van der Waals surface area contributed by atoms with Gasteiger partial charge in [-0.05, 0) is 0 Å². The SMILES string of the molecule is CC(C)NCCS(=O)(=O)Nc1c(F)cc(F)cc1F. The van der Waals surface area contributed by atoms with Gasteiger partial charge in [-0.2, -0.15) is 0 Å². The van der Waals surface area contributed by atoms with Gasteiger partial charge in [0.2, 0.25) is 10.0 Å². The molecule has 1 rings (SSSR count). The Bertz CT molecular complexity index is 524. The lowest BCUT2D eigenvalue weighted by molar-refractivity contribution is 0.546. The van der Waals surface area contributed by atoms with Gasteiger partial charge in [-0.1, -0.05) is 13.8 Å². The van der Waals surface area contributed by atoms with Crippen LogP contribution in [0.2, 0.25) is 0 Å². The third-order valence-electron chi connectivity index (χ3n) is 2.19. The van der Waals surface area contributed by atoms with Gasteiger partial charge in [0.25, 0.3) is 0 Å². The monoisotopic (exact) mass is 296 g/mol. The zero-order valence-corrected chi connectivity index (χ0v) is 11.3. The Balaban J connectivity index is 2.79. The van der Waals surface area contributed by atoms with Gasteiger partial charge in [-0.3, -0.25) is 4.72 Å². The number of hydrogen-bond acceptors (Lipinski definition) is 3. The van der Waals surface area contributed by atoms with E-state index in [0.717, 1.165) is 0 Å². The van der Waals surface area contributed by atoms with Crippen LogP contribution in [0.15, 0.2) is 12.1 Å². The van der Waals surface area contributed by atoms with Gasteiger partial charge >= 0.3 is 0 Å². The Morgan fingerprint density at radius 2 is 1.68 bits per heavy atom. The average Bonchev–Trinajstić information content (AvgIpc) is 2.22. The molecule has 108 valence electrons. The molecule has 0 unspecified atom stereocenters. The van der Waals surface area contributed by atoms with E-state index in [1.165, 1.54) is 0 Å². The van der Waals surface area contributed by atoms with E-state index in [-0.39, 0.29) is 18.3 Å². The molecular weight excluding hydrogens is 281 g/mol. The molecule has 0 saturated heterocycles. The first-order valence-corrected chi connectivity index (χ1v) is 7.25. The van der Waals surface area contributed by atoms with E-state index >= 15 is 0 Å². The zero-order valence-electron chi connectivity index (χ0n) is 10.5. The molecule has 1 aromatic rings. The molecule has 0 spiro atoms. The summed E-state index contributed by atoms with van der Waals surface area (Å²) >= 11 is 0. The van der Waals surface area contributed by atoms with E-state index in [1.54, 1.807) is 4.72 Å². The van der Waals surface area contributed by atoms with Crippen molar-refractivity contribution in [1.82, 2.24) is 5.32 Å². The molecule has 8 heteroatoms. The molecular formula is C11H15F3N2O2S. The number of benzene rings is 1. The van der Waals surface area contributed by atoms with Crippen LogP contribution >= 0.6 is 0 Å². The second-order valence-electron chi connectivity index (χ2n) is 4.27. The van der Waals surface area contributed by atoms with Gasteiger partial charge in [0, 0.05) is 24.7 Å². The maximum Gasteiger partial charge on any atom is 0.234 e. The Morgan fingerprint density at radius 1 is 1.16 bits per heavy atom. The van der Waals surface area contributed by atoms with E-state index in [2.05, 4.69) is 5.32 Å². The molecule has 0 aromatic heterocycles. The quantitative estimate of drug-likeness (QED) is 0.842. The summed E-state index contributed by atoms with van der Waals surface area (Å²) in [5, 5.41) is 2.86. The summed E-state index contributed by atoms with van der Waals surface area (Å²) in [6.45, 7) is 3.80. The predicted molar refractivity (Wildman–Crippen MR) is 66.9 cm³/mol. The third kappa shape index (κ3) is 5.07. The van der Waals surface area contributed by atoms with Crippen LogP contribution < -0.4 is 10.0 Å². The van der Waals surface area contributed by atoms with Crippen molar-refractivity contribution in [3.8, 4) is 0 Å². The van der Waals surface area contributed by atoms with Crippen LogP contribution in [-0.4, -0.2) is 26.8 Å². The number of anilines is 1. The highest BCUT2D eigenvalue weighted by molar-refractivity contribution is 7.92. The molecule has 0 aliphatic carbocycles. The fourth-order valence-corrected chi connectivity index (χ4v) is 2.32. The zero-order chi connectivity index (χ0) is 14.6. The van der Waals surface area contributed by atoms with E-state index in [1.807, 2.05) is 13.8 Å². The highest BCUT2D eigenvalue weighted by Gasteiger charge is 2.18. The lowest BCUT2D eigenvalue weighted by atomic mass is 10.3. The van der Waals surface area contributed by atoms with Crippen LogP contribution in [0.5, 0.6) is 0 Å². The van der Waals surface area contributed by atoms with Gasteiger partial charge in [0.15, 0.2) is 11.6 Å². The Morgan fingerprint density at radius 3 is 2.16 bits per heavy atom. The van der Waals surface area contributed by atoms with Crippen molar-refractivity contribution >= 4 is 15.7 Å². The lowest BCUT2D eigenvalue weighted by Crippen LogP contribution is -2.31. The standard InChI is InChI=1S/C11H15F3N2O2S/c1-7(2)15-3-4-19(17,18)16-11-9(13)5-8(12)6-10(11)14/h5-7,15-16H,3-4H2,1-2H3. The Hall–Kier alpha value is -1.28. The van der Waals surface area contributed by atoms with E-state index in [0.29, 0.717) is 12.1 Å². The molecule has 0 fully saturated rings. The number of sulfonamides is 1. The topological polar surface area (TPSA) is 58.2 Å². The molecule has 0 atom stereocenters. The minimum Gasteiger partial charge on any atom is -0.313 e. The van der Waals surface area contributed by atoms with Crippen molar-refractivity contribution in [3.05, 3.63) is 29.6 Å². The summed E-state index contributed by atoms with van der Waals surface area (Å²) in [6.07, 6.45) is 0. The number of rotatable bonds is 6. The highest BCUT2D eigenvalue weighted by atomic mass is 32.2. The molecule has 0 aliphatic rings. The Kier molecular flexibility index (Phi) is 5.19. The van der Waals surface area contributed by atoms with Crippen molar-refractivity contribution in [3.63, 3.8) is 0 Å². The first-order chi connectivity index (χ1) is 8.71. The molecule has 19 heavy (non-hydrogen) atoms. The predicted octanol–water partition coefficient (Wildman–Crippen LogP) is 1.84. The summed E-state index contributed by atoms with van der Waals surface area (Å²) in [4.78, 5) is 0. The van der Waals surface area contributed by atoms with Gasteiger partial charge in [-0.15, -0.1) is 0 Å². The fourth-order valence-electron chi connectivity index (χ4n) is 1.33. The van der Waals surface area contributed by atoms with Crippen LogP contribution in [-0.2, 0) is 10.0 Å². The van der Waals surface area contributed by atoms with E-state index in [4.69, 9.17) is 0 Å². The summed E-state index contributed by atoms with van der Waals surface area (Å²) in [6, 6.07) is 0.912. The van der Waals surface area contributed by atoms with Gasteiger partial charge in [-0.25, -0.2) is 21.6 Å². The Labute approximate surface area is 110 Å². The maximum atomic E-state index is 13.3. The first-order valence-electron chi connectivity index (χ1n) is 5.59. The molecule has 0 bridgehead atoms. The summed E-state index contributed by atoms with van der Waals surface area (Å²) in [5.74, 6) is -4.04. The van der Waals surface area contributed by atoms with Crippen molar-refractivity contribution in [2.45, 2.75) is 19.9 Å². The maximum absolute atomic E-state index is 13.3. The van der Waals surface area contributed by atoms with Crippen molar-refractivity contribution in [2.75, 3.05) is 17.0 Å². The van der Waals surface area contributed by atoms with Crippen molar-refractivity contribution in [1.29, 1.82) is 0 Å². The van der Waals surface area contributed by atoms with Crippen molar-refractivity contribution in [2.24, 2.45) is 0 Å². The number of hydrogen-bond donors (Lipinski definition) is 2. The van der Waals surface area contributed by atoms with Crippen molar-refractivity contribution < 1.29 is 21.6 Å². The second-order valence-corrected chi connectivity index (χ2v) is 6.12. The summed E-state index contributed by atoms with van der Waals surface area (Å²) in [7, 11) is -3.90. The van der Waals surface area contributed by atoms with Crippen LogP contribution in [0.4, 0.5) is 18.9 Å². The van der Waals surface area contributed by atoms with Gasteiger partial charge < -0.3 is 5.32 Å². The molecule has 0 heterocycles. The average molecular weight is 296 g/mol. The third-order valence-corrected chi connectivity index (χ3v) is 3.44. The van der Waals surface area contributed by atoms with Crippen LogP contribution in [0, 0.1) is 17.5 Å². The van der Waals surface area contributed by atoms with Gasteiger partial charge in [0.05, 0.1) is 5.75 Å². The molecule has 2 N–H and O–H groups in total. The number of halogens is 3.